The summed E-state index contributed by atoms with van der Waals surface area (Å²) in [6.45, 7) is 3.08. The molecule has 2 saturated heterocycles. The van der Waals surface area contributed by atoms with Crippen LogP contribution in [0.4, 0.5) is 5.69 Å². The molecule has 4 atom stereocenters. The maximum absolute atomic E-state index is 11.8. The van der Waals surface area contributed by atoms with Gasteiger partial charge in [-0.15, -0.1) is 0 Å². The van der Waals surface area contributed by atoms with Crippen molar-refractivity contribution in [2.45, 2.75) is 32.2 Å². The quantitative estimate of drug-likeness (QED) is 0.581. The number of rotatable bonds is 3. The smallest absolute Gasteiger partial charge is 0.279 e. The first-order chi connectivity index (χ1) is 14.2. The third-order valence-electron chi connectivity index (χ3n) is 6.12. The van der Waals surface area contributed by atoms with Crippen LogP contribution < -0.4 is 9.47 Å². The third kappa shape index (κ3) is 2.01. The molecular weight excluding hydrogens is 394 g/mol. The monoisotopic (exact) mass is 409 g/mol. The lowest BCUT2D eigenvalue weighted by Crippen LogP contribution is -2.58. The van der Waals surface area contributed by atoms with Gasteiger partial charge in [-0.2, -0.15) is 15.8 Å². The fourth-order valence-corrected chi connectivity index (χ4v) is 4.82. The molecule has 3 heterocycles. The van der Waals surface area contributed by atoms with Gasteiger partial charge in [-0.25, -0.2) is 0 Å². The lowest BCUT2D eigenvalue weighted by atomic mass is 9.53. The zero-order valence-corrected chi connectivity index (χ0v) is 16.0. The lowest BCUT2D eigenvalue weighted by Gasteiger charge is -2.48. The van der Waals surface area contributed by atoms with Gasteiger partial charge in [-0.1, -0.05) is 6.92 Å². The van der Waals surface area contributed by atoms with Gasteiger partial charge >= 0.3 is 0 Å². The minimum Gasteiger partial charge on any atom is -0.454 e. The van der Waals surface area contributed by atoms with Gasteiger partial charge in [0.05, 0.1) is 40.7 Å². The molecule has 3 aliphatic heterocycles. The van der Waals surface area contributed by atoms with Gasteiger partial charge < -0.3 is 18.9 Å². The Morgan fingerprint density at radius 3 is 2.40 bits per heavy atom. The Kier molecular flexibility index (Phi) is 3.92. The molecule has 30 heavy (non-hydrogen) atoms. The highest BCUT2D eigenvalue weighted by molar-refractivity contribution is 5.89. The van der Waals surface area contributed by atoms with Crippen molar-refractivity contribution >= 4 is 11.6 Å². The summed E-state index contributed by atoms with van der Waals surface area (Å²) < 4.78 is 22.1. The van der Waals surface area contributed by atoms with Crippen molar-refractivity contribution in [3.8, 4) is 29.7 Å². The number of nitrogens with one attached hydrogen (secondary N) is 1. The maximum Gasteiger partial charge on any atom is 0.279 e. The van der Waals surface area contributed by atoms with Crippen LogP contribution in [-0.2, 0) is 9.47 Å². The molecule has 0 aliphatic carbocycles. The van der Waals surface area contributed by atoms with E-state index in [9.17, 15) is 25.9 Å². The first-order valence-electron chi connectivity index (χ1n) is 9.02. The number of fused-ring (bicyclic) bond motifs is 3. The van der Waals surface area contributed by atoms with Gasteiger partial charge in [0, 0.05) is 6.92 Å². The molecule has 1 N–H and O–H groups in total. The predicted molar refractivity (Wildman–Crippen MR) is 95.7 cm³/mol. The van der Waals surface area contributed by atoms with Crippen molar-refractivity contribution in [3.05, 3.63) is 27.8 Å². The van der Waals surface area contributed by atoms with Crippen LogP contribution in [0.5, 0.6) is 11.5 Å². The molecule has 4 unspecified atom stereocenters. The number of nitriles is 3. The van der Waals surface area contributed by atoms with Crippen molar-refractivity contribution < 1.29 is 23.9 Å². The van der Waals surface area contributed by atoms with Crippen LogP contribution in [0.1, 0.15) is 31.9 Å². The van der Waals surface area contributed by atoms with Gasteiger partial charge in [0.2, 0.25) is 23.9 Å². The summed E-state index contributed by atoms with van der Waals surface area (Å²) in [6.07, 6.45) is -1.29. The molecule has 1 aromatic rings. The summed E-state index contributed by atoms with van der Waals surface area (Å²) in [5.41, 5.74) is -4.86. The largest absolute Gasteiger partial charge is 0.454 e. The van der Waals surface area contributed by atoms with Crippen LogP contribution in [0.3, 0.4) is 0 Å². The number of benzene rings is 1. The van der Waals surface area contributed by atoms with E-state index in [-0.39, 0.29) is 30.3 Å². The van der Waals surface area contributed by atoms with Crippen LogP contribution in [0.25, 0.3) is 0 Å². The van der Waals surface area contributed by atoms with Crippen LogP contribution in [0, 0.1) is 66.3 Å². The summed E-state index contributed by atoms with van der Waals surface area (Å²) in [6, 6.07) is 8.09. The highest BCUT2D eigenvalue weighted by Gasteiger charge is 2.79. The molecule has 0 aromatic heterocycles. The Balaban J connectivity index is 2.05. The molecule has 0 saturated carbocycles. The summed E-state index contributed by atoms with van der Waals surface area (Å²) in [5.74, 6) is -2.59. The maximum atomic E-state index is 11.8. The minimum atomic E-state index is -2.28. The van der Waals surface area contributed by atoms with E-state index in [4.69, 9.17) is 24.4 Å². The van der Waals surface area contributed by atoms with E-state index in [1.54, 1.807) is 6.92 Å². The molecule has 152 valence electrons. The molecule has 1 aromatic carbocycles. The van der Waals surface area contributed by atoms with E-state index in [1.165, 1.54) is 13.0 Å². The van der Waals surface area contributed by atoms with E-state index >= 15 is 0 Å². The number of nitrogens with zero attached hydrogens (tertiary/aromatic N) is 4. The van der Waals surface area contributed by atoms with Crippen molar-refractivity contribution in [3.63, 3.8) is 0 Å². The fourth-order valence-electron chi connectivity index (χ4n) is 4.82. The Morgan fingerprint density at radius 2 is 1.87 bits per heavy atom. The normalized spacial score (nSPS) is 32.4. The predicted octanol–water partition coefficient (Wildman–Crippen LogP) is 2.69. The molecule has 3 aliphatic rings. The Morgan fingerprint density at radius 1 is 1.23 bits per heavy atom. The van der Waals surface area contributed by atoms with Crippen molar-refractivity contribution in [1.29, 1.82) is 21.2 Å². The molecule has 11 heteroatoms. The number of nitro benzene ring substituents is 1. The standard InChI is InChI=1S/C19H15N5O6/c1-3-14-17(2)29-15(18(6-20,7-21)19(14,8-22)16(23)30-17)10-4-12-13(28-9-27-12)5-11(10)24(25)26/h4-5,14-15,23H,3,9H2,1-2H3. The number of hydrogen-bond donors (Lipinski definition) is 1. The highest BCUT2D eigenvalue weighted by atomic mass is 16.7. The first-order valence-corrected chi connectivity index (χ1v) is 9.02. The van der Waals surface area contributed by atoms with Crippen LogP contribution in [-0.4, -0.2) is 23.4 Å². The Bertz CT molecular complexity index is 1100. The summed E-state index contributed by atoms with van der Waals surface area (Å²) in [4.78, 5) is 11.1. The third-order valence-corrected chi connectivity index (χ3v) is 6.12. The first kappa shape index (κ1) is 19.4. The van der Waals surface area contributed by atoms with E-state index in [1.807, 2.05) is 18.2 Å². The molecule has 2 fully saturated rings. The van der Waals surface area contributed by atoms with Gasteiger partial charge in [0.25, 0.3) is 5.69 Å². The van der Waals surface area contributed by atoms with Gasteiger partial charge in [0.1, 0.15) is 6.10 Å². The van der Waals surface area contributed by atoms with Gasteiger partial charge in [-0.05, 0) is 12.5 Å². The molecule has 0 spiro atoms. The van der Waals surface area contributed by atoms with Crippen LogP contribution in [0.2, 0.25) is 0 Å². The summed E-state index contributed by atoms with van der Waals surface area (Å²) in [7, 11) is 0. The van der Waals surface area contributed by atoms with Crippen molar-refractivity contribution in [2.75, 3.05) is 6.79 Å². The van der Waals surface area contributed by atoms with E-state index in [0.29, 0.717) is 0 Å². The molecule has 11 nitrogen and oxygen atoms in total. The zero-order valence-electron chi connectivity index (χ0n) is 16.0. The van der Waals surface area contributed by atoms with Crippen LogP contribution in [0.15, 0.2) is 12.1 Å². The summed E-state index contributed by atoms with van der Waals surface area (Å²) in [5, 5.41) is 50.6. The zero-order chi connectivity index (χ0) is 21.9. The van der Waals surface area contributed by atoms with E-state index in [2.05, 4.69) is 0 Å². The minimum absolute atomic E-state index is 0.133. The topological polar surface area (TPSA) is 175 Å². The van der Waals surface area contributed by atoms with E-state index < -0.39 is 45.1 Å². The summed E-state index contributed by atoms with van der Waals surface area (Å²) >= 11 is 0. The van der Waals surface area contributed by atoms with Gasteiger partial charge in [0.15, 0.2) is 16.9 Å². The second kappa shape index (κ2) is 6.06. The molecular formula is C19H15N5O6. The van der Waals surface area contributed by atoms with Crippen molar-refractivity contribution in [2.24, 2.45) is 16.7 Å². The number of ether oxygens (including phenoxy) is 4. The molecule has 0 amide bonds. The fraction of sp³-hybridized carbons (Fsp3) is 0.474. The Hall–Kier alpha value is -3.88. The second-order valence-electron chi connectivity index (χ2n) is 7.38. The lowest BCUT2D eigenvalue weighted by molar-refractivity contribution is -0.387. The van der Waals surface area contributed by atoms with Crippen molar-refractivity contribution in [1.82, 2.24) is 0 Å². The Labute approximate surface area is 170 Å². The van der Waals surface area contributed by atoms with Gasteiger partial charge in [-0.3, -0.25) is 15.5 Å². The SMILES string of the molecule is CCC1C2(C)OC(=N)C1(C#N)C(C#N)(C#N)C(c1cc3c(cc1[N+](=O)[O-])OCO3)O2. The highest BCUT2D eigenvalue weighted by Crippen LogP contribution is 2.68. The molecule has 2 bridgehead atoms. The molecule has 0 radical (unpaired) electrons. The molecule has 4 rings (SSSR count). The average Bonchev–Trinajstić information content (AvgIpc) is 3.25. The van der Waals surface area contributed by atoms with E-state index in [0.717, 1.165) is 6.07 Å². The van der Waals surface area contributed by atoms with Crippen LogP contribution >= 0.6 is 0 Å². The number of hydrogen-bond acceptors (Lipinski definition) is 10. The average molecular weight is 409 g/mol. The number of nitro groups is 1. The second-order valence-corrected chi connectivity index (χ2v) is 7.38.